The summed E-state index contributed by atoms with van der Waals surface area (Å²) in [4.78, 5) is 38.8. The number of rotatable bonds is 11. The summed E-state index contributed by atoms with van der Waals surface area (Å²) in [6, 6.07) is 4.35. The Bertz CT molecular complexity index is 872. The number of methoxy groups -OCH3 is 1. The van der Waals surface area contributed by atoms with Gasteiger partial charge in [0.25, 0.3) is 0 Å². The van der Waals surface area contributed by atoms with Crippen molar-refractivity contribution in [2.45, 2.75) is 57.3 Å². The number of carbonyl (C=O) groups excluding carboxylic acids is 1. The van der Waals surface area contributed by atoms with E-state index < -0.39 is 11.9 Å². The number of nitrogens with zero attached hydrogens (tertiary/aromatic N) is 4. The van der Waals surface area contributed by atoms with E-state index >= 15 is 0 Å². The molecule has 0 radical (unpaired) electrons. The Balaban J connectivity index is 1.49. The van der Waals surface area contributed by atoms with Gasteiger partial charge < -0.3 is 14.7 Å². The van der Waals surface area contributed by atoms with Gasteiger partial charge in [-0.15, -0.1) is 0 Å². The molecule has 3 heterocycles. The maximum atomic E-state index is 12.6. The number of unbranched alkanes of at least 4 members (excludes halogenated alkanes) is 1. The third-order valence-corrected chi connectivity index (χ3v) is 5.62. The number of Topliss-reactive ketones (excluding diaryl/α,β-unsaturated/α-hetero) is 1. The molecule has 1 aliphatic rings. The molecule has 0 saturated heterocycles. The number of fused-ring (bicyclic) bond motifs is 1. The Labute approximate surface area is 182 Å². The Kier molecular flexibility index (Phi) is 8.32. The molecule has 31 heavy (non-hydrogen) atoms. The molecule has 0 fully saturated rings. The molecule has 1 aliphatic heterocycles. The maximum absolute atomic E-state index is 12.6. The van der Waals surface area contributed by atoms with Gasteiger partial charge in [-0.2, -0.15) is 0 Å². The van der Waals surface area contributed by atoms with Crippen LogP contribution in [0.1, 0.15) is 62.0 Å². The topological polar surface area (TPSA) is 106 Å². The molecule has 1 atom stereocenters. The van der Waals surface area contributed by atoms with Crippen LogP contribution in [0.5, 0.6) is 6.01 Å². The minimum absolute atomic E-state index is 0.0662. The molecule has 1 N–H and O–H groups in total. The quantitative estimate of drug-likeness (QED) is 0.545. The molecule has 2 aromatic rings. The van der Waals surface area contributed by atoms with Gasteiger partial charge in [-0.25, -0.2) is 15.0 Å². The predicted octanol–water partition coefficient (Wildman–Crippen LogP) is 3.41. The van der Waals surface area contributed by atoms with Crippen LogP contribution in [0.2, 0.25) is 0 Å². The van der Waals surface area contributed by atoms with E-state index in [4.69, 9.17) is 4.74 Å². The molecule has 0 bridgehead atoms. The van der Waals surface area contributed by atoms with Crippen molar-refractivity contribution in [3.05, 3.63) is 41.9 Å². The van der Waals surface area contributed by atoms with Crippen molar-refractivity contribution in [3.8, 4) is 6.01 Å². The zero-order valence-corrected chi connectivity index (χ0v) is 18.0. The van der Waals surface area contributed by atoms with Gasteiger partial charge in [-0.3, -0.25) is 9.59 Å². The highest BCUT2D eigenvalue weighted by Gasteiger charge is 2.21. The Morgan fingerprint density at radius 3 is 2.71 bits per heavy atom. The van der Waals surface area contributed by atoms with E-state index in [-0.39, 0.29) is 24.6 Å². The Morgan fingerprint density at radius 2 is 1.97 bits per heavy atom. The number of carboxylic acids is 1. The van der Waals surface area contributed by atoms with Crippen LogP contribution in [0.15, 0.2) is 30.7 Å². The molecular formula is C23H30N4O4. The standard InChI is InChI=1S/C23H30N4O4/c1-31-23-25-15-19(16-26-23)18(14-21(29)30)13-20(28)9-3-5-12-27-11-4-2-7-17-8-6-10-24-22(17)27/h6,8,10,15-16,18H,2-5,7,9,11-14H2,1H3,(H,29,30). The van der Waals surface area contributed by atoms with Crippen LogP contribution in [0.3, 0.4) is 0 Å². The second kappa shape index (κ2) is 11.4. The van der Waals surface area contributed by atoms with Crippen molar-refractivity contribution in [1.29, 1.82) is 0 Å². The number of hydrogen-bond donors (Lipinski definition) is 1. The third-order valence-electron chi connectivity index (χ3n) is 5.62. The van der Waals surface area contributed by atoms with Crippen LogP contribution < -0.4 is 9.64 Å². The summed E-state index contributed by atoms with van der Waals surface area (Å²) in [6.45, 7) is 1.87. The summed E-state index contributed by atoms with van der Waals surface area (Å²) in [5.74, 6) is -0.234. The molecule has 0 spiro atoms. The largest absolute Gasteiger partial charge is 0.481 e. The first-order valence-corrected chi connectivity index (χ1v) is 10.8. The monoisotopic (exact) mass is 426 g/mol. The number of aryl methyl sites for hydroxylation is 1. The zero-order chi connectivity index (χ0) is 22.1. The summed E-state index contributed by atoms with van der Waals surface area (Å²) in [7, 11) is 1.47. The fraction of sp³-hybridized carbons (Fsp3) is 0.522. The van der Waals surface area contributed by atoms with Crippen molar-refractivity contribution in [1.82, 2.24) is 15.0 Å². The van der Waals surface area contributed by atoms with Crippen molar-refractivity contribution in [3.63, 3.8) is 0 Å². The minimum atomic E-state index is -0.944. The number of ketones is 1. The van der Waals surface area contributed by atoms with Gasteiger partial charge in [0, 0.05) is 50.4 Å². The molecule has 8 nitrogen and oxygen atoms in total. The van der Waals surface area contributed by atoms with Crippen LogP contribution in [-0.2, 0) is 16.0 Å². The number of aromatic nitrogens is 3. The van der Waals surface area contributed by atoms with E-state index in [2.05, 4.69) is 25.9 Å². The first-order valence-electron chi connectivity index (χ1n) is 10.8. The summed E-state index contributed by atoms with van der Waals surface area (Å²) in [5.41, 5.74) is 1.94. The van der Waals surface area contributed by atoms with E-state index in [1.807, 2.05) is 12.3 Å². The normalized spacial score (nSPS) is 14.4. The van der Waals surface area contributed by atoms with E-state index in [0.717, 1.165) is 44.6 Å². The number of hydrogen-bond acceptors (Lipinski definition) is 7. The van der Waals surface area contributed by atoms with Gasteiger partial charge in [-0.1, -0.05) is 6.07 Å². The first kappa shape index (κ1) is 22.7. The molecular weight excluding hydrogens is 396 g/mol. The van der Waals surface area contributed by atoms with Crippen molar-refractivity contribution >= 4 is 17.6 Å². The van der Waals surface area contributed by atoms with Crippen molar-refractivity contribution < 1.29 is 19.4 Å². The predicted molar refractivity (Wildman–Crippen MR) is 116 cm³/mol. The lowest BCUT2D eigenvalue weighted by atomic mass is 9.91. The zero-order valence-electron chi connectivity index (χ0n) is 18.0. The van der Waals surface area contributed by atoms with Gasteiger partial charge in [0.1, 0.15) is 11.6 Å². The molecule has 0 amide bonds. The fourth-order valence-corrected chi connectivity index (χ4v) is 4.01. The number of carbonyl (C=O) groups is 2. The van der Waals surface area contributed by atoms with Crippen LogP contribution in [-0.4, -0.2) is 52.0 Å². The molecule has 0 aliphatic carbocycles. The lowest BCUT2D eigenvalue weighted by Crippen LogP contribution is -2.26. The lowest BCUT2D eigenvalue weighted by Gasteiger charge is -2.23. The summed E-state index contributed by atoms with van der Waals surface area (Å²) in [6.07, 6.45) is 10.5. The Hall–Kier alpha value is -3.03. The van der Waals surface area contributed by atoms with Crippen molar-refractivity contribution in [2.24, 2.45) is 0 Å². The van der Waals surface area contributed by atoms with Gasteiger partial charge in [0.2, 0.25) is 0 Å². The highest BCUT2D eigenvalue weighted by molar-refractivity contribution is 5.80. The van der Waals surface area contributed by atoms with Gasteiger partial charge in [0.15, 0.2) is 0 Å². The van der Waals surface area contributed by atoms with Gasteiger partial charge >= 0.3 is 12.0 Å². The van der Waals surface area contributed by atoms with E-state index in [9.17, 15) is 14.7 Å². The molecule has 3 rings (SSSR count). The summed E-state index contributed by atoms with van der Waals surface area (Å²) < 4.78 is 4.94. The van der Waals surface area contributed by atoms with Crippen LogP contribution >= 0.6 is 0 Å². The number of aliphatic carboxylic acids is 1. The highest BCUT2D eigenvalue weighted by atomic mass is 16.5. The van der Waals surface area contributed by atoms with E-state index in [1.54, 1.807) is 0 Å². The second-order valence-electron chi connectivity index (χ2n) is 7.93. The first-order chi connectivity index (χ1) is 15.1. The number of ether oxygens (including phenoxy) is 1. The van der Waals surface area contributed by atoms with Crippen molar-refractivity contribution in [2.75, 3.05) is 25.1 Å². The van der Waals surface area contributed by atoms with E-state index in [1.165, 1.54) is 31.5 Å². The lowest BCUT2D eigenvalue weighted by molar-refractivity contribution is -0.137. The Morgan fingerprint density at radius 1 is 1.16 bits per heavy atom. The van der Waals surface area contributed by atoms with Crippen LogP contribution in [0.25, 0.3) is 0 Å². The second-order valence-corrected chi connectivity index (χ2v) is 7.93. The van der Waals surface area contributed by atoms with Crippen LogP contribution in [0, 0.1) is 0 Å². The smallest absolute Gasteiger partial charge is 0.316 e. The number of carboxylic acid groups (broad SMARTS) is 1. The number of pyridine rings is 1. The SMILES string of the molecule is COc1ncc(C(CC(=O)O)CC(=O)CCCCN2CCCCc3cccnc32)cn1. The number of anilines is 1. The molecule has 1 unspecified atom stereocenters. The average Bonchev–Trinajstić information content (AvgIpc) is 2.98. The van der Waals surface area contributed by atoms with Gasteiger partial charge in [-0.05, 0) is 49.3 Å². The molecule has 8 heteroatoms. The summed E-state index contributed by atoms with van der Waals surface area (Å²) in [5, 5.41) is 9.23. The highest BCUT2D eigenvalue weighted by Crippen LogP contribution is 2.26. The molecule has 2 aromatic heterocycles. The van der Waals surface area contributed by atoms with Crippen LogP contribution in [0.4, 0.5) is 5.82 Å². The maximum Gasteiger partial charge on any atom is 0.316 e. The van der Waals surface area contributed by atoms with Gasteiger partial charge in [0.05, 0.1) is 13.5 Å². The molecule has 166 valence electrons. The fourth-order valence-electron chi connectivity index (χ4n) is 4.01. The summed E-state index contributed by atoms with van der Waals surface area (Å²) >= 11 is 0. The van der Waals surface area contributed by atoms with E-state index in [0.29, 0.717) is 12.0 Å². The molecule has 0 aromatic carbocycles. The third kappa shape index (κ3) is 6.73. The molecule has 0 saturated carbocycles. The minimum Gasteiger partial charge on any atom is -0.481 e. The average molecular weight is 427 g/mol.